The van der Waals surface area contributed by atoms with Crippen LogP contribution in [0.15, 0.2) is 42.9 Å². The number of thioether (sulfide) groups is 1. The van der Waals surface area contributed by atoms with Crippen LogP contribution in [-0.2, 0) is 20.8 Å². The Morgan fingerprint density at radius 1 is 1.20 bits per heavy atom. The predicted molar refractivity (Wildman–Crippen MR) is 137 cm³/mol. The van der Waals surface area contributed by atoms with Crippen LogP contribution >= 0.6 is 11.8 Å². The van der Waals surface area contributed by atoms with E-state index in [1.807, 2.05) is 33.0 Å². The number of hydrogen-bond donors (Lipinski definition) is 0. The summed E-state index contributed by atoms with van der Waals surface area (Å²) in [6, 6.07) is 10.2. The molecule has 0 bridgehead atoms. The summed E-state index contributed by atoms with van der Waals surface area (Å²) in [4.78, 5) is 23.0. The average molecular weight is 497 g/mol. The summed E-state index contributed by atoms with van der Waals surface area (Å²) >= 11 is 1.37. The quantitative estimate of drug-likeness (QED) is 0.475. The third kappa shape index (κ3) is 4.77. The van der Waals surface area contributed by atoms with Crippen molar-refractivity contribution in [3.63, 3.8) is 0 Å². The molecule has 1 aliphatic heterocycles. The molecule has 2 fully saturated rings. The van der Waals surface area contributed by atoms with E-state index in [1.54, 1.807) is 20.4 Å². The Morgan fingerprint density at radius 2 is 1.94 bits per heavy atom. The zero-order valence-electron chi connectivity index (χ0n) is 20.8. The van der Waals surface area contributed by atoms with Crippen LogP contribution in [0, 0.1) is 5.92 Å². The van der Waals surface area contributed by atoms with Gasteiger partial charge in [-0.1, -0.05) is 23.9 Å². The van der Waals surface area contributed by atoms with Crippen LogP contribution < -0.4 is 9.64 Å². The summed E-state index contributed by atoms with van der Waals surface area (Å²) in [6.45, 7) is 6.25. The lowest BCUT2D eigenvalue weighted by Gasteiger charge is -2.24. The highest BCUT2D eigenvalue weighted by molar-refractivity contribution is 8.13. The second-order valence-electron chi connectivity index (χ2n) is 9.79. The second kappa shape index (κ2) is 9.44. The largest absolute Gasteiger partial charge is 0.497 e. The van der Waals surface area contributed by atoms with E-state index < -0.39 is 5.79 Å². The Morgan fingerprint density at radius 3 is 2.66 bits per heavy atom. The summed E-state index contributed by atoms with van der Waals surface area (Å²) in [7, 11) is 3.71. The van der Waals surface area contributed by atoms with Gasteiger partial charge >= 0.3 is 0 Å². The first-order chi connectivity index (χ1) is 16.8. The lowest BCUT2D eigenvalue weighted by atomic mass is 10.1. The fourth-order valence-corrected chi connectivity index (χ4v) is 6.10. The minimum absolute atomic E-state index is 0.0432. The van der Waals surface area contributed by atoms with Crippen LogP contribution in [0.5, 0.6) is 5.75 Å². The molecule has 3 heterocycles. The third-order valence-corrected chi connectivity index (χ3v) is 7.84. The fourth-order valence-electron chi connectivity index (χ4n) is 5.33. The smallest absolute Gasteiger partial charge is 0.185 e. The van der Waals surface area contributed by atoms with Gasteiger partial charge < -0.3 is 23.7 Å². The van der Waals surface area contributed by atoms with Crippen molar-refractivity contribution in [2.24, 2.45) is 5.92 Å². The Hall–Kier alpha value is -2.62. The lowest BCUT2D eigenvalue weighted by molar-refractivity contribution is -0.159. The molecule has 0 amide bonds. The maximum Gasteiger partial charge on any atom is 0.185 e. The number of hydrogen-bond acceptors (Lipinski definition) is 8. The van der Waals surface area contributed by atoms with Crippen molar-refractivity contribution in [1.29, 1.82) is 0 Å². The number of rotatable bonds is 7. The van der Waals surface area contributed by atoms with Gasteiger partial charge in [-0.05, 0) is 49.9 Å². The van der Waals surface area contributed by atoms with Crippen LogP contribution in [0.3, 0.4) is 0 Å². The van der Waals surface area contributed by atoms with Gasteiger partial charge in [0.2, 0.25) is 0 Å². The number of carbonyl (C=O) groups excluding carboxylic acids is 1. The zero-order valence-corrected chi connectivity index (χ0v) is 21.6. The molecule has 8 nitrogen and oxygen atoms in total. The summed E-state index contributed by atoms with van der Waals surface area (Å²) in [6.07, 6.45) is 4.45. The van der Waals surface area contributed by atoms with Crippen LogP contribution in [-0.4, -0.2) is 57.6 Å². The number of carbonyl (C=O) groups is 1. The summed E-state index contributed by atoms with van der Waals surface area (Å²) in [5.41, 5.74) is 2.05. The molecule has 0 spiro atoms. The molecule has 0 radical (unpaired) electrons. The summed E-state index contributed by atoms with van der Waals surface area (Å²) in [5.74, 6) is 2.05. The van der Waals surface area contributed by atoms with Gasteiger partial charge in [-0.3, -0.25) is 4.79 Å². The van der Waals surface area contributed by atoms with Gasteiger partial charge in [0.05, 0.1) is 24.6 Å². The van der Waals surface area contributed by atoms with Crippen LogP contribution in [0.1, 0.15) is 38.8 Å². The van der Waals surface area contributed by atoms with Crippen molar-refractivity contribution in [3.8, 4) is 5.75 Å². The third-order valence-electron chi connectivity index (χ3n) is 6.84. The van der Waals surface area contributed by atoms with E-state index in [1.165, 1.54) is 17.3 Å². The molecular weight excluding hydrogens is 464 g/mol. The van der Waals surface area contributed by atoms with Crippen molar-refractivity contribution in [2.75, 3.05) is 24.8 Å². The molecular formula is C26H32N4O4S. The molecule has 1 aromatic carbocycles. The lowest BCUT2D eigenvalue weighted by Crippen LogP contribution is -2.27. The normalized spacial score (nSPS) is 25.1. The molecule has 9 heteroatoms. The standard InChI is InChI=1S/C26H32N4O4S/c1-16(31)35-14-18-12-21(23-22(18)33-26(2,3)34-23)30-11-10-20-24(27-15-28-25(20)30)29(4)13-17-6-8-19(32-5)9-7-17/h6-11,15,18,21-23H,12-14H2,1-5H3/t18-,21-,22-,23+/m1/s1. The van der Waals surface area contributed by atoms with Gasteiger partial charge in [-0.2, -0.15) is 0 Å². The van der Waals surface area contributed by atoms with Crippen LogP contribution in [0.4, 0.5) is 5.82 Å². The van der Waals surface area contributed by atoms with Crippen molar-refractivity contribution >= 4 is 33.7 Å². The fraction of sp³-hybridized carbons (Fsp3) is 0.500. The number of nitrogens with zero attached hydrogens (tertiary/aromatic N) is 4. The number of anilines is 1. The Bertz CT molecular complexity index is 1210. The predicted octanol–water partition coefficient (Wildman–Crippen LogP) is 4.44. The van der Waals surface area contributed by atoms with Gasteiger partial charge in [-0.25, -0.2) is 9.97 Å². The van der Waals surface area contributed by atoms with E-state index in [0.717, 1.165) is 34.8 Å². The van der Waals surface area contributed by atoms with Crippen molar-refractivity contribution in [3.05, 3.63) is 48.4 Å². The van der Waals surface area contributed by atoms with Gasteiger partial charge in [0.25, 0.3) is 0 Å². The van der Waals surface area contributed by atoms with E-state index in [2.05, 4.69) is 43.8 Å². The van der Waals surface area contributed by atoms with E-state index in [0.29, 0.717) is 6.54 Å². The molecule has 2 aromatic heterocycles. The minimum atomic E-state index is -0.644. The topological polar surface area (TPSA) is 78.7 Å². The van der Waals surface area contributed by atoms with E-state index in [4.69, 9.17) is 14.2 Å². The first-order valence-electron chi connectivity index (χ1n) is 11.9. The zero-order chi connectivity index (χ0) is 24.7. The molecule has 186 valence electrons. The average Bonchev–Trinajstić information content (AvgIpc) is 3.48. The van der Waals surface area contributed by atoms with Crippen LogP contribution in [0.2, 0.25) is 0 Å². The molecule has 1 aliphatic carbocycles. The number of fused-ring (bicyclic) bond motifs is 2. The van der Waals surface area contributed by atoms with Crippen molar-refractivity contribution in [1.82, 2.24) is 14.5 Å². The van der Waals surface area contributed by atoms with E-state index in [9.17, 15) is 4.79 Å². The number of aromatic nitrogens is 3. The SMILES string of the molecule is COc1ccc(CN(C)c2ncnc3c2ccn3[C@@H]2C[C@H](CSC(C)=O)[C@H]3OC(C)(C)O[C@H]32)cc1. The highest BCUT2D eigenvalue weighted by atomic mass is 32.2. The molecule has 35 heavy (non-hydrogen) atoms. The van der Waals surface area contributed by atoms with Gasteiger partial charge in [0.15, 0.2) is 10.9 Å². The van der Waals surface area contributed by atoms with Gasteiger partial charge in [0, 0.05) is 32.5 Å². The maximum atomic E-state index is 11.6. The first-order valence-corrected chi connectivity index (χ1v) is 12.9. The molecule has 4 atom stereocenters. The number of methoxy groups -OCH3 is 1. The molecule has 2 aliphatic rings. The highest BCUT2D eigenvalue weighted by Gasteiger charge is 2.54. The molecule has 1 saturated carbocycles. The molecule has 0 unspecified atom stereocenters. The van der Waals surface area contributed by atoms with E-state index in [-0.39, 0.29) is 29.3 Å². The van der Waals surface area contributed by atoms with Crippen molar-refractivity contribution < 1.29 is 19.0 Å². The molecule has 1 saturated heterocycles. The maximum absolute atomic E-state index is 11.6. The minimum Gasteiger partial charge on any atom is -0.497 e. The summed E-state index contributed by atoms with van der Waals surface area (Å²) < 4.78 is 20.1. The van der Waals surface area contributed by atoms with Crippen molar-refractivity contribution in [2.45, 2.75) is 57.8 Å². The molecule has 0 N–H and O–H groups in total. The number of ether oxygens (including phenoxy) is 3. The molecule has 3 aromatic rings. The van der Waals surface area contributed by atoms with Gasteiger partial charge in [0.1, 0.15) is 29.6 Å². The van der Waals surface area contributed by atoms with E-state index >= 15 is 0 Å². The van der Waals surface area contributed by atoms with Gasteiger partial charge in [-0.15, -0.1) is 0 Å². The van der Waals surface area contributed by atoms with Crippen LogP contribution in [0.25, 0.3) is 11.0 Å². The summed E-state index contributed by atoms with van der Waals surface area (Å²) in [5, 5.41) is 1.13. The highest BCUT2D eigenvalue weighted by Crippen LogP contribution is 2.48. The monoisotopic (exact) mass is 496 g/mol. The first kappa shape index (κ1) is 24.1. The number of benzene rings is 1. The second-order valence-corrected chi connectivity index (χ2v) is 11.0. The molecule has 5 rings (SSSR count). The Kier molecular flexibility index (Phi) is 6.50. The Balaban J connectivity index is 1.42. The Labute approximate surface area is 210 Å².